The van der Waals surface area contributed by atoms with Gasteiger partial charge in [-0.05, 0) is 13.8 Å². The molecule has 0 atom stereocenters. The predicted molar refractivity (Wildman–Crippen MR) is 56.2 cm³/mol. The van der Waals surface area contributed by atoms with Gasteiger partial charge in [-0.2, -0.15) is 5.10 Å². The van der Waals surface area contributed by atoms with Crippen molar-refractivity contribution in [3.63, 3.8) is 0 Å². The molecule has 6 nitrogen and oxygen atoms in total. The fourth-order valence-electron chi connectivity index (χ4n) is 1.35. The number of hydrogen-bond acceptors (Lipinski definition) is 4. The van der Waals surface area contributed by atoms with Crippen molar-refractivity contribution >= 4 is 5.69 Å². The van der Waals surface area contributed by atoms with E-state index in [0.29, 0.717) is 12.2 Å². The zero-order valence-corrected chi connectivity index (χ0v) is 8.88. The number of hydrogen-bond donors (Lipinski definition) is 1. The molecule has 0 saturated heterocycles. The second-order valence-electron chi connectivity index (χ2n) is 3.43. The van der Waals surface area contributed by atoms with Crippen LogP contribution in [0.5, 0.6) is 0 Å². The summed E-state index contributed by atoms with van der Waals surface area (Å²) in [4.78, 5) is 0. The van der Waals surface area contributed by atoms with E-state index in [-0.39, 0.29) is 0 Å². The average Bonchev–Trinajstić information content (AvgIpc) is 2.76. The van der Waals surface area contributed by atoms with Crippen LogP contribution >= 0.6 is 0 Å². The van der Waals surface area contributed by atoms with Crippen LogP contribution in [-0.4, -0.2) is 24.8 Å². The minimum absolute atomic E-state index is 0.609. The molecule has 15 heavy (non-hydrogen) atoms. The van der Waals surface area contributed by atoms with Crippen LogP contribution in [0.2, 0.25) is 0 Å². The number of nitrogens with two attached hydrogens (primary N) is 1. The first-order valence-corrected chi connectivity index (χ1v) is 4.87. The first-order chi connectivity index (χ1) is 7.19. The van der Waals surface area contributed by atoms with Crippen molar-refractivity contribution in [1.82, 2.24) is 24.8 Å². The summed E-state index contributed by atoms with van der Waals surface area (Å²) in [6.45, 7) is 5.34. The molecule has 0 spiro atoms. The molecular weight excluding hydrogens is 192 g/mol. The number of anilines is 1. The van der Waals surface area contributed by atoms with E-state index in [1.807, 2.05) is 20.0 Å². The molecular formula is C9H14N6. The van der Waals surface area contributed by atoms with Gasteiger partial charge in [0.15, 0.2) is 0 Å². The SMILES string of the molecule is CCn1cc(Cn2cc(N)c(C)n2)nn1. The van der Waals surface area contributed by atoms with Crippen LogP contribution in [0, 0.1) is 6.92 Å². The number of aromatic nitrogens is 5. The lowest BCUT2D eigenvalue weighted by Gasteiger charge is -1.95. The van der Waals surface area contributed by atoms with E-state index in [1.54, 1.807) is 15.6 Å². The third-order valence-electron chi connectivity index (χ3n) is 2.22. The molecule has 0 aromatic carbocycles. The average molecular weight is 206 g/mol. The molecule has 0 aliphatic carbocycles. The fraction of sp³-hybridized carbons (Fsp3) is 0.444. The van der Waals surface area contributed by atoms with E-state index in [9.17, 15) is 0 Å². The molecule has 0 fully saturated rings. The molecule has 0 radical (unpaired) electrons. The number of aryl methyl sites for hydroxylation is 2. The van der Waals surface area contributed by atoms with E-state index < -0.39 is 0 Å². The Balaban J connectivity index is 2.14. The highest BCUT2D eigenvalue weighted by Gasteiger charge is 2.04. The van der Waals surface area contributed by atoms with Crippen molar-refractivity contribution in [3.8, 4) is 0 Å². The lowest BCUT2D eigenvalue weighted by atomic mass is 10.4. The van der Waals surface area contributed by atoms with E-state index in [0.717, 1.165) is 17.9 Å². The molecule has 2 heterocycles. The van der Waals surface area contributed by atoms with Crippen molar-refractivity contribution in [2.45, 2.75) is 26.9 Å². The van der Waals surface area contributed by atoms with Gasteiger partial charge in [-0.1, -0.05) is 5.21 Å². The van der Waals surface area contributed by atoms with E-state index >= 15 is 0 Å². The molecule has 2 N–H and O–H groups in total. The minimum atomic E-state index is 0.609. The Morgan fingerprint density at radius 2 is 2.13 bits per heavy atom. The smallest absolute Gasteiger partial charge is 0.104 e. The molecule has 0 bridgehead atoms. The topological polar surface area (TPSA) is 74.5 Å². The molecule has 0 aliphatic rings. The highest BCUT2D eigenvalue weighted by molar-refractivity contribution is 5.39. The highest BCUT2D eigenvalue weighted by atomic mass is 15.4. The summed E-state index contributed by atoms with van der Waals surface area (Å²) >= 11 is 0. The summed E-state index contributed by atoms with van der Waals surface area (Å²) in [5.41, 5.74) is 8.14. The highest BCUT2D eigenvalue weighted by Crippen LogP contribution is 2.07. The van der Waals surface area contributed by atoms with Crippen molar-refractivity contribution < 1.29 is 0 Å². The number of nitrogens with zero attached hydrogens (tertiary/aromatic N) is 5. The summed E-state index contributed by atoms with van der Waals surface area (Å²) < 4.78 is 3.56. The molecule has 2 rings (SSSR count). The van der Waals surface area contributed by atoms with Crippen molar-refractivity contribution in [3.05, 3.63) is 23.8 Å². The Morgan fingerprint density at radius 3 is 2.67 bits per heavy atom. The van der Waals surface area contributed by atoms with E-state index in [2.05, 4.69) is 15.4 Å². The van der Waals surface area contributed by atoms with Crippen molar-refractivity contribution in [2.75, 3.05) is 5.73 Å². The lowest BCUT2D eigenvalue weighted by molar-refractivity contribution is 0.625. The van der Waals surface area contributed by atoms with Crippen LogP contribution in [0.3, 0.4) is 0 Å². The Labute approximate surface area is 87.7 Å². The second-order valence-corrected chi connectivity index (χ2v) is 3.43. The van der Waals surface area contributed by atoms with Crippen LogP contribution < -0.4 is 5.73 Å². The van der Waals surface area contributed by atoms with Crippen LogP contribution in [-0.2, 0) is 13.1 Å². The molecule has 6 heteroatoms. The normalized spacial score (nSPS) is 10.8. The standard InChI is InChI=1S/C9H14N6/c1-3-14-4-8(11-13-14)5-15-6-9(10)7(2)12-15/h4,6H,3,5,10H2,1-2H3. The van der Waals surface area contributed by atoms with Crippen LogP contribution in [0.15, 0.2) is 12.4 Å². The fourth-order valence-corrected chi connectivity index (χ4v) is 1.35. The van der Waals surface area contributed by atoms with E-state index in [1.165, 1.54) is 0 Å². The zero-order chi connectivity index (χ0) is 10.8. The van der Waals surface area contributed by atoms with Gasteiger partial charge in [-0.25, -0.2) is 0 Å². The third kappa shape index (κ3) is 1.98. The van der Waals surface area contributed by atoms with Gasteiger partial charge in [0.1, 0.15) is 5.69 Å². The first kappa shape index (κ1) is 9.70. The van der Waals surface area contributed by atoms with Gasteiger partial charge in [-0.15, -0.1) is 5.10 Å². The monoisotopic (exact) mass is 206 g/mol. The van der Waals surface area contributed by atoms with Gasteiger partial charge < -0.3 is 5.73 Å². The third-order valence-corrected chi connectivity index (χ3v) is 2.22. The molecule has 2 aromatic heterocycles. The quantitative estimate of drug-likeness (QED) is 0.790. The van der Waals surface area contributed by atoms with Crippen LogP contribution in [0.1, 0.15) is 18.3 Å². The molecule has 80 valence electrons. The summed E-state index contributed by atoms with van der Waals surface area (Å²) in [5.74, 6) is 0. The van der Waals surface area contributed by atoms with Gasteiger partial charge >= 0.3 is 0 Å². The second kappa shape index (κ2) is 3.72. The van der Waals surface area contributed by atoms with Gasteiger partial charge in [0.05, 0.1) is 24.1 Å². The molecule has 0 amide bonds. The summed E-state index contributed by atoms with van der Waals surface area (Å²) in [7, 11) is 0. The Bertz CT molecular complexity index is 435. The first-order valence-electron chi connectivity index (χ1n) is 4.87. The maximum absolute atomic E-state index is 5.70. The Morgan fingerprint density at radius 1 is 1.33 bits per heavy atom. The summed E-state index contributed by atoms with van der Waals surface area (Å²) in [5, 5.41) is 12.2. The molecule has 0 aliphatic heterocycles. The van der Waals surface area contributed by atoms with Crippen molar-refractivity contribution in [1.29, 1.82) is 0 Å². The van der Waals surface area contributed by atoms with Gasteiger partial charge in [-0.3, -0.25) is 9.36 Å². The maximum Gasteiger partial charge on any atom is 0.104 e. The van der Waals surface area contributed by atoms with E-state index in [4.69, 9.17) is 5.73 Å². The predicted octanol–water partition coefficient (Wildman–Crippen LogP) is 0.433. The van der Waals surface area contributed by atoms with Gasteiger partial charge in [0, 0.05) is 12.7 Å². The lowest BCUT2D eigenvalue weighted by Crippen LogP contribution is -2.00. The van der Waals surface area contributed by atoms with Gasteiger partial charge in [0.2, 0.25) is 0 Å². The van der Waals surface area contributed by atoms with Crippen LogP contribution in [0.4, 0.5) is 5.69 Å². The summed E-state index contributed by atoms with van der Waals surface area (Å²) in [6, 6.07) is 0. The van der Waals surface area contributed by atoms with Crippen LogP contribution in [0.25, 0.3) is 0 Å². The molecule has 0 unspecified atom stereocenters. The van der Waals surface area contributed by atoms with Gasteiger partial charge in [0.25, 0.3) is 0 Å². The zero-order valence-electron chi connectivity index (χ0n) is 8.88. The minimum Gasteiger partial charge on any atom is -0.396 e. The maximum atomic E-state index is 5.70. The summed E-state index contributed by atoms with van der Waals surface area (Å²) in [6.07, 6.45) is 3.72. The molecule has 2 aromatic rings. The van der Waals surface area contributed by atoms with Crippen molar-refractivity contribution in [2.24, 2.45) is 0 Å². The Kier molecular flexibility index (Phi) is 2.40. The largest absolute Gasteiger partial charge is 0.396 e. The Hall–Kier alpha value is -1.85. The molecule has 0 saturated carbocycles. The number of rotatable bonds is 3. The number of nitrogen functional groups attached to an aromatic ring is 1.